The molecule has 0 unspecified atom stereocenters. The minimum absolute atomic E-state index is 0.0142. The lowest BCUT2D eigenvalue weighted by Crippen LogP contribution is -2.41. The van der Waals surface area contributed by atoms with Gasteiger partial charge in [-0.25, -0.2) is 4.52 Å². The number of hydrogen-bond donors (Lipinski definition) is 1. The van der Waals surface area contributed by atoms with E-state index in [4.69, 9.17) is 4.74 Å². The van der Waals surface area contributed by atoms with Gasteiger partial charge in [-0.15, -0.1) is 0 Å². The monoisotopic (exact) mass is 487 g/mol. The quantitative estimate of drug-likeness (QED) is 0.534. The van der Waals surface area contributed by atoms with Gasteiger partial charge in [0, 0.05) is 48.6 Å². The number of likely N-dealkylation sites (tertiary alicyclic amines) is 1. The number of rotatable bonds is 6. The van der Waals surface area contributed by atoms with E-state index in [0.29, 0.717) is 23.4 Å². The van der Waals surface area contributed by atoms with Crippen LogP contribution >= 0.6 is 0 Å². The van der Waals surface area contributed by atoms with Gasteiger partial charge >= 0.3 is 0 Å². The Hall–Kier alpha value is -4.13. The number of methoxy groups -OCH3 is 1. The van der Waals surface area contributed by atoms with Crippen LogP contribution in [-0.2, 0) is 9.59 Å². The number of fused-ring (bicyclic) bond motifs is 1. The maximum Gasteiger partial charge on any atom is 0.243 e. The third-order valence-electron chi connectivity index (χ3n) is 7.31. The van der Waals surface area contributed by atoms with E-state index in [1.807, 2.05) is 28.0 Å². The lowest BCUT2D eigenvalue weighted by atomic mass is 9.85. The molecule has 2 amide bonds. The molecule has 0 aromatic carbocycles. The second kappa shape index (κ2) is 9.85. The van der Waals surface area contributed by atoms with E-state index in [1.165, 1.54) is 12.3 Å². The van der Waals surface area contributed by atoms with Crippen molar-refractivity contribution in [3.8, 4) is 22.9 Å². The molecule has 186 valence electrons. The minimum atomic E-state index is -0.152. The molecule has 1 aliphatic heterocycles. The molecule has 2 aliphatic rings. The van der Waals surface area contributed by atoms with Crippen LogP contribution in [-0.4, -0.2) is 62.3 Å². The summed E-state index contributed by atoms with van der Waals surface area (Å²) in [4.78, 5) is 26.7. The lowest BCUT2D eigenvalue weighted by Gasteiger charge is -2.30. The Morgan fingerprint density at radius 1 is 1.17 bits per heavy atom. The molecule has 5 rings (SSSR count). The second-order valence-corrected chi connectivity index (χ2v) is 9.46. The third kappa shape index (κ3) is 4.44. The molecule has 10 heteroatoms. The predicted octanol–water partition coefficient (Wildman–Crippen LogP) is 2.71. The van der Waals surface area contributed by atoms with Crippen LogP contribution in [0.4, 0.5) is 0 Å². The topological polar surface area (TPSA) is 118 Å². The van der Waals surface area contributed by atoms with Crippen LogP contribution in [0.15, 0.2) is 43.5 Å². The molecule has 1 atom stereocenters. The number of nitrogens with one attached hydrogen (secondary N) is 1. The molecular weight excluding hydrogens is 458 g/mol. The van der Waals surface area contributed by atoms with Crippen LogP contribution in [0.5, 0.6) is 5.75 Å². The highest BCUT2D eigenvalue weighted by atomic mass is 16.5. The fourth-order valence-corrected chi connectivity index (χ4v) is 5.33. The summed E-state index contributed by atoms with van der Waals surface area (Å²) in [7, 11) is 1.57. The molecule has 10 nitrogen and oxygen atoms in total. The number of amides is 2. The first kappa shape index (κ1) is 23.6. The van der Waals surface area contributed by atoms with Crippen molar-refractivity contribution in [3.05, 3.63) is 49.1 Å². The van der Waals surface area contributed by atoms with E-state index in [1.54, 1.807) is 17.8 Å². The van der Waals surface area contributed by atoms with Crippen molar-refractivity contribution in [2.75, 3.05) is 20.2 Å². The standard InChI is InChI=1S/C26H29N7O3/c1-3-24(34)30-21-6-4-17(5-7-21)26(35)31-9-8-22(16-31)32-15-20(13-28-32)18-10-23(36-2)25-19(11-27)12-29-33(25)14-18/h3,10,12-15,17,21-22H,1,4-9,16H2,2H3,(H,30,34)/t17?,21?,22-/m0/s1. The first-order valence-electron chi connectivity index (χ1n) is 12.2. The van der Waals surface area contributed by atoms with Crippen molar-refractivity contribution in [1.82, 2.24) is 29.6 Å². The summed E-state index contributed by atoms with van der Waals surface area (Å²) in [6, 6.07) is 4.27. The molecule has 1 saturated carbocycles. The Morgan fingerprint density at radius 3 is 2.69 bits per heavy atom. The van der Waals surface area contributed by atoms with Crippen molar-refractivity contribution in [1.29, 1.82) is 5.26 Å². The van der Waals surface area contributed by atoms with E-state index in [9.17, 15) is 14.9 Å². The molecule has 0 spiro atoms. The molecule has 0 radical (unpaired) electrons. The largest absolute Gasteiger partial charge is 0.494 e. The van der Waals surface area contributed by atoms with Gasteiger partial charge in [0.05, 0.1) is 25.5 Å². The maximum absolute atomic E-state index is 13.2. The fraction of sp³-hybridized carbons (Fsp3) is 0.423. The maximum atomic E-state index is 13.2. The van der Waals surface area contributed by atoms with E-state index in [2.05, 4.69) is 28.2 Å². The fourth-order valence-electron chi connectivity index (χ4n) is 5.33. The number of hydrogen-bond acceptors (Lipinski definition) is 6. The highest BCUT2D eigenvalue weighted by molar-refractivity contribution is 5.87. The van der Waals surface area contributed by atoms with Crippen LogP contribution in [0.1, 0.15) is 43.7 Å². The van der Waals surface area contributed by atoms with Crippen LogP contribution < -0.4 is 10.1 Å². The molecule has 3 aromatic rings. The normalized spacial score (nSPS) is 21.8. The highest BCUT2D eigenvalue weighted by Crippen LogP contribution is 2.32. The van der Waals surface area contributed by atoms with Crippen LogP contribution in [0, 0.1) is 17.2 Å². The Kier molecular flexibility index (Phi) is 6.46. The van der Waals surface area contributed by atoms with E-state index >= 15 is 0 Å². The first-order valence-corrected chi connectivity index (χ1v) is 12.2. The van der Waals surface area contributed by atoms with Crippen molar-refractivity contribution in [2.45, 2.75) is 44.2 Å². The Labute approximate surface area is 209 Å². The smallest absolute Gasteiger partial charge is 0.243 e. The van der Waals surface area contributed by atoms with E-state index < -0.39 is 0 Å². The Balaban J connectivity index is 1.24. The van der Waals surface area contributed by atoms with Gasteiger partial charge in [-0.3, -0.25) is 14.3 Å². The number of carbonyl (C=O) groups is 2. The van der Waals surface area contributed by atoms with Crippen LogP contribution in [0.25, 0.3) is 16.6 Å². The first-order chi connectivity index (χ1) is 17.5. The summed E-state index contributed by atoms with van der Waals surface area (Å²) in [5.74, 6) is 0.646. The summed E-state index contributed by atoms with van der Waals surface area (Å²) in [6.07, 6.45) is 12.5. The summed E-state index contributed by atoms with van der Waals surface area (Å²) >= 11 is 0. The van der Waals surface area contributed by atoms with E-state index in [0.717, 1.165) is 49.8 Å². The molecule has 2 fully saturated rings. The van der Waals surface area contributed by atoms with Crippen LogP contribution in [0.2, 0.25) is 0 Å². The van der Waals surface area contributed by atoms with Crippen molar-refractivity contribution in [3.63, 3.8) is 0 Å². The molecule has 3 aromatic heterocycles. The zero-order valence-corrected chi connectivity index (χ0v) is 20.3. The number of nitrogens with zero attached hydrogens (tertiary/aromatic N) is 6. The SMILES string of the molecule is C=CC(=O)NC1CCC(C(=O)N2CC[C@H](n3cc(-c4cc(OC)c5c(C#N)cnn5c4)cn3)C2)CC1. The summed E-state index contributed by atoms with van der Waals surface area (Å²) in [6.45, 7) is 4.85. The summed E-state index contributed by atoms with van der Waals surface area (Å²) in [5.41, 5.74) is 2.89. The number of nitriles is 1. The van der Waals surface area contributed by atoms with Crippen LogP contribution in [0.3, 0.4) is 0 Å². The third-order valence-corrected chi connectivity index (χ3v) is 7.31. The summed E-state index contributed by atoms with van der Waals surface area (Å²) in [5, 5.41) is 21.1. The van der Waals surface area contributed by atoms with Crippen molar-refractivity contribution < 1.29 is 14.3 Å². The zero-order chi connectivity index (χ0) is 25.2. The van der Waals surface area contributed by atoms with Gasteiger partial charge in [0.1, 0.15) is 22.9 Å². The molecule has 1 N–H and O–H groups in total. The Bertz CT molecular complexity index is 1340. The van der Waals surface area contributed by atoms with E-state index in [-0.39, 0.29) is 29.8 Å². The number of ether oxygens (including phenoxy) is 1. The molecule has 4 heterocycles. The van der Waals surface area contributed by atoms with Gasteiger partial charge < -0.3 is 15.0 Å². The van der Waals surface area contributed by atoms with Gasteiger partial charge in [0.2, 0.25) is 11.8 Å². The van der Waals surface area contributed by atoms with Gasteiger partial charge in [0.25, 0.3) is 0 Å². The summed E-state index contributed by atoms with van der Waals surface area (Å²) < 4.78 is 9.10. The molecule has 1 aliphatic carbocycles. The molecule has 1 saturated heterocycles. The highest BCUT2D eigenvalue weighted by Gasteiger charge is 2.34. The molecule has 36 heavy (non-hydrogen) atoms. The predicted molar refractivity (Wildman–Crippen MR) is 132 cm³/mol. The van der Waals surface area contributed by atoms with Gasteiger partial charge in [-0.2, -0.15) is 15.5 Å². The lowest BCUT2D eigenvalue weighted by molar-refractivity contribution is -0.135. The number of pyridine rings is 1. The minimum Gasteiger partial charge on any atom is -0.494 e. The zero-order valence-electron chi connectivity index (χ0n) is 20.3. The van der Waals surface area contributed by atoms with Gasteiger partial charge in [0.15, 0.2) is 0 Å². The van der Waals surface area contributed by atoms with Gasteiger partial charge in [-0.1, -0.05) is 6.58 Å². The molecule has 0 bridgehead atoms. The molecular formula is C26H29N7O3. The van der Waals surface area contributed by atoms with Crippen molar-refractivity contribution >= 4 is 17.3 Å². The number of aromatic nitrogens is 4. The number of carbonyl (C=O) groups excluding carboxylic acids is 2. The van der Waals surface area contributed by atoms with Crippen molar-refractivity contribution in [2.24, 2.45) is 5.92 Å². The second-order valence-electron chi connectivity index (χ2n) is 9.46. The Morgan fingerprint density at radius 2 is 1.97 bits per heavy atom. The van der Waals surface area contributed by atoms with Gasteiger partial charge in [-0.05, 0) is 44.2 Å². The average molecular weight is 488 g/mol. The average Bonchev–Trinajstić information content (AvgIpc) is 3.67.